The fourth-order valence-electron chi connectivity index (χ4n) is 2.54. The molecule has 0 aromatic heterocycles. The molecule has 1 aliphatic rings. The summed E-state index contributed by atoms with van der Waals surface area (Å²) >= 11 is 0. The van der Waals surface area contributed by atoms with Gasteiger partial charge in [0, 0.05) is 5.69 Å². The van der Waals surface area contributed by atoms with Gasteiger partial charge in [-0.1, -0.05) is 12.1 Å². The number of rotatable bonds is 2. The molecule has 1 unspecified atom stereocenters. The Hall–Kier alpha value is -2.16. The van der Waals surface area contributed by atoms with E-state index in [2.05, 4.69) is 11.4 Å². The van der Waals surface area contributed by atoms with Crippen LogP contribution in [-0.2, 0) is 6.42 Å². The van der Waals surface area contributed by atoms with E-state index in [1.807, 2.05) is 18.2 Å². The summed E-state index contributed by atoms with van der Waals surface area (Å²) in [4.78, 5) is 0. The van der Waals surface area contributed by atoms with E-state index in [9.17, 15) is 10.2 Å². The first-order valence-electron chi connectivity index (χ1n) is 6.10. The minimum Gasteiger partial charge on any atom is -0.508 e. The minimum absolute atomic E-state index is 0.233. The summed E-state index contributed by atoms with van der Waals surface area (Å²) in [5.41, 5.74) is 3.20. The first-order valence-corrected chi connectivity index (χ1v) is 6.10. The molecule has 3 N–H and O–H groups in total. The van der Waals surface area contributed by atoms with Crippen LogP contribution < -0.4 is 5.32 Å². The fraction of sp³-hybridized carbons (Fsp3) is 0.200. The Labute approximate surface area is 106 Å². The van der Waals surface area contributed by atoms with Crippen molar-refractivity contribution in [3.63, 3.8) is 0 Å². The van der Waals surface area contributed by atoms with Gasteiger partial charge in [0.25, 0.3) is 0 Å². The number of phenolic OH excluding ortho intramolecular Hbond substituents is 2. The van der Waals surface area contributed by atoms with E-state index < -0.39 is 0 Å². The maximum absolute atomic E-state index is 9.79. The lowest BCUT2D eigenvalue weighted by atomic mass is 10.1. The molecular weight excluding hydrogens is 226 g/mol. The van der Waals surface area contributed by atoms with Crippen LogP contribution in [0.1, 0.15) is 23.6 Å². The molecule has 0 saturated heterocycles. The quantitative estimate of drug-likeness (QED) is 0.708. The second kappa shape index (κ2) is 4.26. The van der Waals surface area contributed by atoms with Crippen molar-refractivity contribution in [2.45, 2.75) is 18.9 Å². The van der Waals surface area contributed by atoms with Crippen LogP contribution in [0.3, 0.4) is 0 Å². The molecule has 1 aliphatic carbocycles. The van der Waals surface area contributed by atoms with Gasteiger partial charge >= 0.3 is 0 Å². The molecule has 0 radical (unpaired) electrons. The van der Waals surface area contributed by atoms with Crippen molar-refractivity contribution in [3.05, 3.63) is 53.6 Å². The third kappa shape index (κ3) is 1.88. The summed E-state index contributed by atoms with van der Waals surface area (Å²) in [5.74, 6) is 0.660. The molecule has 0 amide bonds. The van der Waals surface area contributed by atoms with Crippen molar-refractivity contribution in [1.29, 1.82) is 0 Å². The number of phenols is 2. The van der Waals surface area contributed by atoms with E-state index in [-0.39, 0.29) is 11.8 Å². The third-order valence-electron chi connectivity index (χ3n) is 3.45. The van der Waals surface area contributed by atoms with E-state index in [4.69, 9.17) is 0 Å². The van der Waals surface area contributed by atoms with Crippen LogP contribution >= 0.6 is 0 Å². The summed E-state index contributed by atoms with van der Waals surface area (Å²) in [6.45, 7) is 0. The largest absolute Gasteiger partial charge is 0.508 e. The number of anilines is 1. The molecule has 1 atom stereocenters. The fourth-order valence-corrected chi connectivity index (χ4v) is 2.54. The molecule has 3 heteroatoms. The summed E-state index contributed by atoms with van der Waals surface area (Å²) < 4.78 is 0. The van der Waals surface area contributed by atoms with Crippen LogP contribution in [0.2, 0.25) is 0 Å². The molecule has 0 spiro atoms. The number of nitrogens with one attached hydrogen (secondary N) is 1. The van der Waals surface area contributed by atoms with Crippen molar-refractivity contribution < 1.29 is 10.2 Å². The zero-order valence-corrected chi connectivity index (χ0v) is 9.93. The van der Waals surface area contributed by atoms with Crippen molar-refractivity contribution in [1.82, 2.24) is 0 Å². The van der Waals surface area contributed by atoms with Crippen LogP contribution in [0, 0.1) is 0 Å². The number of benzene rings is 2. The van der Waals surface area contributed by atoms with E-state index in [0.29, 0.717) is 5.75 Å². The van der Waals surface area contributed by atoms with Gasteiger partial charge in [-0.15, -0.1) is 0 Å². The Kier molecular flexibility index (Phi) is 2.59. The minimum atomic E-state index is 0.233. The molecule has 0 fully saturated rings. The Bertz CT molecular complexity index is 563. The third-order valence-corrected chi connectivity index (χ3v) is 3.45. The monoisotopic (exact) mass is 241 g/mol. The van der Waals surface area contributed by atoms with E-state index in [1.54, 1.807) is 18.2 Å². The van der Waals surface area contributed by atoms with E-state index in [0.717, 1.165) is 24.1 Å². The van der Waals surface area contributed by atoms with Gasteiger partial charge in [0.2, 0.25) is 0 Å². The molecular formula is C15H15NO2. The highest BCUT2D eigenvalue weighted by molar-refractivity contribution is 5.52. The van der Waals surface area contributed by atoms with Gasteiger partial charge < -0.3 is 15.5 Å². The molecule has 0 saturated carbocycles. The lowest BCUT2D eigenvalue weighted by Crippen LogP contribution is -2.06. The highest BCUT2D eigenvalue weighted by atomic mass is 16.3. The van der Waals surface area contributed by atoms with E-state index in [1.165, 1.54) is 5.56 Å². The maximum atomic E-state index is 9.79. The Morgan fingerprint density at radius 1 is 1.00 bits per heavy atom. The van der Waals surface area contributed by atoms with Crippen LogP contribution in [0.4, 0.5) is 5.69 Å². The average Bonchev–Trinajstić information content (AvgIpc) is 2.77. The smallest absolute Gasteiger partial charge is 0.119 e. The van der Waals surface area contributed by atoms with E-state index >= 15 is 0 Å². The normalized spacial score (nSPS) is 17.4. The number of fused-ring (bicyclic) bond motifs is 1. The van der Waals surface area contributed by atoms with Gasteiger partial charge in [-0.2, -0.15) is 0 Å². The first-order chi connectivity index (χ1) is 8.74. The SMILES string of the molecule is Oc1ccc(NC2CCc3c(O)cccc32)cc1. The standard InChI is InChI=1S/C15H15NO2/c17-11-6-4-10(5-7-11)16-14-9-8-13-12(14)2-1-3-15(13)18/h1-7,14,16-18H,8-9H2. The van der Waals surface area contributed by atoms with Gasteiger partial charge in [0.15, 0.2) is 0 Å². The van der Waals surface area contributed by atoms with Crippen molar-refractivity contribution >= 4 is 5.69 Å². The van der Waals surface area contributed by atoms with Gasteiger partial charge in [0.1, 0.15) is 11.5 Å². The summed E-state index contributed by atoms with van der Waals surface area (Å²) in [5, 5.41) is 22.5. The molecule has 18 heavy (non-hydrogen) atoms. The van der Waals surface area contributed by atoms with Crippen molar-refractivity contribution in [2.24, 2.45) is 0 Å². The maximum Gasteiger partial charge on any atom is 0.119 e. The van der Waals surface area contributed by atoms with Crippen molar-refractivity contribution in [3.8, 4) is 11.5 Å². The molecule has 0 aliphatic heterocycles. The Morgan fingerprint density at radius 2 is 1.78 bits per heavy atom. The van der Waals surface area contributed by atoms with Gasteiger partial charge in [-0.05, 0) is 54.3 Å². The average molecular weight is 241 g/mol. The molecule has 2 aromatic carbocycles. The van der Waals surface area contributed by atoms with Crippen LogP contribution in [0.15, 0.2) is 42.5 Å². The highest BCUT2D eigenvalue weighted by Gasteiger charge is 2.24. The lowest BCUT2D eigenvalue weighted by molar-refractivity contribution is 0.469. The highest BCUT2D eigenvalue weighted by Crippen LogP contribution is 2.38. The van der Waals surface area contributed by atoms with Gasteiger partial charge in [-0.3, -0.25) is 0 Å². The predicted octanol–water partition coefficient (Wildman–Crippen LogP) is 3.20. The van der Waals surface area contributed by atoms with Crippen LogP contribution in [-0.4, -0.2) is 10.2 Å². The van der Waals surface area contributed by atoms with Gasteiger partial charge in [-0.25, -0.2) is 0 Å². The second-order valence-corrected chi connectivity index (χ2v) is 4.63. The Balaban J connectivity index is 1.85. The molecule has 2 aromatic rings. The Morgan fingerprint density at radius 3 is 2.56 bits per heavy atom. The molecule has 3 rings (SSSR count). The molecule has 0 bridgehead atoms. The topological polar surface area (TPSA) is 52.5 Å². The molecule has 92 valence electrons. The predicted molar refractivity (Wildman–Crippen MR) is 70.9 cm³/mol. The number of hydrogen-bond donors (Lipinski definition) is 3. The zero-order valence-electron chi connectivity index (χ0n) is 9.93. The van der Waals surface area contributed by atoms with Crippen LogP contribution in [0.5, 0.6) is 11.5 Å². The van der Waals surface area contributed by atoms with Crippen LogP contribution in [0.25, 0.3) is 0 Å². The summed E-state index contributed by atoms with van der Waals surface area (Å²) in [6.07, 6.45) is 1.88. The first kappa shape index (κ1) is 11.0. The van der Waals surface area contributed by atoms with Crippen molar-refractivity contribution in [2.75, 3.05) is 5.32 Å². The number of aromatic hydroxyl groups is 2. The molecule has 0 heterocycles. The summed E-state index contributed by atoms with van der Waals surface area (Å²) in [7, 11) is 0. The molecule has 3 nitrogen and oxygen atoms in total. The lowest BCUT2D eigenvalue weighted by Gasteiger charge is -2.15. The summed E-state index contributed by atoms with van der Waals surface area (Å²) in [6, 6.07) is 13.0. The van der Waals surface area contributed by atoms with Gasteiger partial charge in [0.05, 0.1) is 6.04 Å². The zero-order chi connectivity index (χ0) is 12.5. The second-order valence-electron chi connectivity index (χ2n) is 4.63. The number of hydrogen-bond acceptors (Lipinski definition) is 3.